The van der Waals surface area contributed by atoms with Gasteiger partial charge in [0.15, 0.2) is 0 Å². The van der Waals surface area contributed by atoms with Gasteiger partial charge in [0, 0.05) is 5.56 Å². The average Bonchev–Trinajstić information content (AvgIpc) is 2.27. The van der Waals surface area contributed by atoms with E-state index in [-0.39, 0.29) is 5.41 Å². The molecule has 1 rings (SSSR count). The van der Waals surface area contributed by atoms with Crippen LogP contribution in [0.15, 0.2) is 12.1 Å². The third-order valence-corrected chi connectivity index (χ3v) is 3.40. The van der Waals surface area contributed by atoms with Gasteiger partial charge in [0.2, 0.25) is 0 Å². The van der Waals surface area contributed by atoms with Gasteiger partial charge in [-0.3, -0.25) is 0 Å². The molecule has 0 aliphatic carbocycles. The molecule has 0 aliphatic heterocycles. The highest BCUT2D eigenvalue weighted by Crippen LogP contribution is 2.39. The molecule has 0 fully saturated rings. The summed E-state index contributed by atoms with van der Waals surface area (Å²) in [6.45, 7) is 11.7. The molecule has 102 valence electrons. The molecule has 1 aromatic rings. The molecular formula is C16H27NO. The molecule has 1 unspecified atom stereocenters. The number of hydrogen-bond acceptors (Lipinski definition) is 2. The maximum Gasteiger partial charge on any atom is 0.126 e. The van der Waals surface area contributed by atoms with E-state index in [1.807, 2.05) is 0 Å². The van der Waals surface area contributed by atoms with Gasteiger partial charge in [-0.2, -0.15) is 0 Å². The Labute approximate surface area is 112 Å². The van der Waals surface area contributed by atoms with Crippen molar-refractivity contribution in [3.63, 3.8) is 0 Å². The van der Waals surface area contributed by atoms with Crippen molar-refractivity contribution in [2.24, 2.45) is 5.73 Å². The quantitative estimate of drug-likeness (QED) is 0.882. The standard InChI is InChI=1S/C16H27NO/c1-11-9-13(12(2)7-8-17)15(18-6)14(10-11)16(3,4)5/h9-10,12H,7-8,17H2,1-6H3. The summed E-state index contributed by atoms with van der Waals surface area (Å²) >= 11 is 0. The second-order valence-electron chi connectivity index (χ2n) is 6.16. The van der Waals surface area contributed by atoms with Crippen LogP contribution in [0.3, 0.4) is 0 Å². The lowest BCUT2D eigenvalue weighted by Gasteiger charge is -2.26. The number of rotatable bonds is 4. The molecule has 1 atom stereocenters. The summed E-state index contributed by atoms with van der Waals surface area (Å²) in [5.41, 5.74) is 9.63. The van der Waals surface area contributed by atoms with Gasteiger partial charge < -0.3 is 10.5 Å². The van der Waals surface area contributed by atoms with Crippen LogP contribution in [0.2, 0.25) is 0 Å². The van der Waals surface area contributed by atoms with Crippen molar-refractivity contribution in [3.8, 4) is 5.75 Å². The summed E-state index contributed by atoms with van der Waals surface area (Å²) in [5.74, 6) is 1.47. The Hall–Kier alpha value is -1.02. The molecule has 2 N–H and O–H groups in total. The van der Waals surface area contributed by atoms with Gasteiger partial charge in [-0.05, 0) is 36.8 Å². The van der Waals surface area contributed by atoms with Crippen molar-refractivity contribution < 1.29 is 4.74 Å². The monoisotopic (exact) mass is 249 g/mol. The molecule has 0 spiro atoms. The minimum atomic E-state index is 0.0918. The van der Waals surface area contributed by atoms with Gasteiger partial charge in [0.1, 0.15) is 5.75 Å². The Balaban J connectivity index is 3.38. The molecule has 0 saturated heterocycles. The third kappa shape index (κ3) is 3.26. The Bertz CT molecular complexity index is 404. The Morgan fingerprint density at radius 2 is 1.89 bits per heavy atom. The first-order chi connectivity index (χ1) is 8.31. The van der Waals surface area contributed by atoms with E-state index in [0.717, 1.165) is 12.2 Å². The van der Waals surface area contributed by atoms with Crippen LogP contribution in [0.5, 0.6) is 5.75 Å². The number of nitrogens with two attached hydrogens (primary N) is 1. The highest BCUT2D eigenvalue weighted by molar-refractivity contribution is 5.49. The lowest BCUT2D eigenvalue weighted by atomic mass is 9.82. The molecule has 0 amide bonds. The maximum absolute atomic E-state index is 5.68. The topological polar surface area (TPSA) is 35.2 Å². The molecule has 0 saturated carbocycles. The van der Waals surface area contributed by atoms with E-state index in [2.05, 4.69) is 46.8 Å². The van der Waals surface area contributed by atoms with Crippen LogP contribution in [0.1, 0.15) is 56.7 Å². The highest BCUT2D eigenvalue weighted by Gasteiger charge is 2.23. The van der Waals surface area contributed by atoms with Crippen molar-refractivity contribution in [2.45, 2.75) is 52.4 Å². The molecule has 18 heavy (non-hydrogen) atoms. The van der Waals surface area contributed by atoms with Crippen molar-refractivity contribution in [1.29, 1.82) is 0 Å². The SMILES string of the molecule is COc1c(C(C)CCN)cc(C)cc1C(C)(C)C. The first-order valence-corrected chi connectivity index (χ1v) is 6.70. The van der Waals surface area contributed by atoms with Gasteiger partial charge in [-0.1, -0.05) is 45.4 Å². The van der Waals surface area contributed by atoms with E-state index >= 15 is 0 Å². The van der Waals surface area contributed by atoms with Crippen molar-refractivity contribution in [3.05, 3.63) is 28.8 Å². The largest absolute Gasteiger partial charge is 0.496 e. The first-order valence-electron chi connectivity index (χ1n) is 6.70. The lowest BCUT2D eigenvalue weighted by Crippen LogP contribution is -2.15. The van der Waals surface area contributed by atoms with Gasteiger partial charge in [0.05, 0.1) is 7.11 Å². The molecule has 0 bridgehead atoms. The van der Waals surface area contributed by atoms with Crippen LogP contribution in [0.25, 0.3) is 0 Å². The molecule has 2 nitrogen and oxygen atoms in total. The molecule has 1 aromatic carbocycles. The molecular weight excluding hydrogens is 222 g/mol. The van der Waals surface area contributed by atoms with E-state index in [4.69, 9.17) is 10.5 Å². The molecule has 2 heteroatoms. The highest BCUT2D eigenvalue weighted by atomic mass is 16.5. The molecule has 0 aliphatic rings. The summed E-state index contributed by atoms with van der Waals surface area (Å²) < 4.78 is 5.68. The summed E-state index contributed by atoms with van der Waals surface area (Å²) in [7, 11) is 1.76. The van der Waals surface area contributed by atoms with Crippen molar-refractivity contribution in [2.75, 3.05) is 13.7 Å². The second-order valence-corrected chi connectivity index (χ2v) is 6.16. The minimum Gasteiger partial charge on any atom is -0.496 e. The second kappa shape index (κ2) is 5.75. The Morgan fingerprint density at radius 1 is 1.28 bits per heavy atom. The zero-order chi connectivity index (χ0) is 13.9. The zero-order valence-corrected chi connectivity index (χ0v) is 12.6. The first kappa shape index (κ1) is 15.0. The fraction of sp³-hybridized carbons (Fsp3) is 0.625. The third-order valence-electron chi connectivity index (χ3n) is 3.40. The number of methoxy groups -OCH3 is 1. The van der Waals surface area contributed by atoms with Crippen molar-refractivity contribution in [1.82, 2.24) is 0 Å². The van der Waals surface area contributed by atoms with Crippen LogP contribution in [-0.2, 0) is 5.41 Å². The normalized spacial score (nSPS) is 13.5. The smallest absolute Gasteiger partial charge is 0.126 e. The number of ether oxygens (including phenoxy) is 1. The van der Waals surface area contributed by atoms with Gasteiger partial charge in [0.25, 0.3) is 0 Å². The van der Waals surface area contributed by atoms with Crippen LogP contribution in [0.4, 0.5) is 0 Å². The van der Waals surface area contributed by atoms with E-state index in [1.54, 1.807) is 7.11 Å². The van der Waals surface area contributed by atoms with Crippen molar-refractivity contribution >= 4 is 0 Å². The fourth-order valence-electron chi connectivity index (χ4n) is 2.36. The van der Waals surface area contributed by atoms with E-state index < -0.39 is 0 Å². The zero-order valence-electron chi connectivity index (χ0n) is 12.6. The Morgan fingerprint density at radius 3 is 2.33 bits per heavy atom. The van der Waals surface area contributed by atoms with Gasteiger partial charge in [-0.25, -0.2) is 0 Å². The van der Waals surface area contributed by atoms with Crippen LogP contribution in [0, 0.1) is 6.92 Å². The number of benzene rings is 1. The molecule has 0 aromatic heterocycles. The van der Waals surface area contributed by atoms with E-state index in [9.17, 15) is 0 Å². The van der Waals surface area contributed by atoms with Crippen LogP contribution >= 0.6 is 0 Å². The van der Waals surface area contributed by atoms with Crippen LogP contribution < -0.4 is 10.5 Å². The number of hydrogen-bond donors (Lipinski definition) is 1. The maximum atomic E-state index is 5.68. The number of aryl methyl sites for hydroxylation is 1. The predicted molar refractivity (Wildman–Crippen MR) is 78.5 cm³/mol. The summed E-state index contributed by atoms with van der Waals surface area (Å²) in [6.07, 6.45) is 0.989. The molecule has 0 radical (unpaired) electrons. The average molecular weight is 249 g/mol. The lowest BCUT2D eigenvalue weighted by molar-refractivity contribution is 0.388. The summed E-state index contributed by atoms with van der Waals surface area (Å²) in [5, 5.41) is 0. The van der Waals surface area contributed by atoms with Crippen LogP contribution in [-0.4, -0.2) is 13.7 Å². The summed E-state index contributed by atoms with van der Waals surface area (Å²) in [6, 6.07) is 4.46. The van der Waals surface area contributed by atoms with E-state index in [1.165, 1.54) is 16.7 Å². The van der Waals surface area contributed by atoms with Gasteiger partial charge >= 0.3 is 0 Å². The Kier molecular flexibility index (Phi) is 4.80. The van der Waals surface area contributed by atoms with Gasteiger partial charge in [-0.15, -0.1) is 0 Å². The fourth-order valence-corrected chi connectivity index (χ4v) is 2.36. The predicted octanol–water partition coefficient (Wildman–Crippen LogP) is 3.75. The van der Waals surface area contributed by atoms with E-state index in [0.29, 0.717) is 12.5 Å². The summed E-state index contributed by atoms with van der Waals surface area (Å²) in [4.78, 5) is 0. The minimum absolute atomic E-state index is 0.0918. The molecule has 0 heterocycles.